The van der Waals surface area contributed by atoms with E-state index < -0.39 is 0 Å². The molecule has 2 rings (SSSR count). The predicted octanol–water partition coefficient (Wildman–Crippen LogP) is 1.54. The van der Waals surface area contributed by atoms with Gasteiger partial charge in [-0.15, -0.1) is 0 Å². The Bertz CT molecular complexity index is 358. The average molecular weight is 236 g/mol. The van der Waals surface area contributed by atoms with E-state index in [1.807, 2.05) is 17.9 Å². The Kier molecular flexibility index (Phi) is 3.84. The van der Waals surface area contributed by atoms with Gasteiger partial charge in [-0.05, 0) is 25.8 Å². The lowest BCUT2D eigenvalue weighted by Gasteiger charge is -2.30. The van der Waals surface area contributed by atoms with Crippen LogP contribution in [0.4, 0.5) is 0 Å². The van der Waals surface area contributed by atoms with E-state index in [0.29, 0.717) is 6.04 Å². The van der Waals surface area contributed by atoms with Gasteiger partial charge in [0, 0.05) is 31.4 Å². The number of aromatic nitrogens is 2. The second-order valence-electron chi connectivity index (χ2n) is 5.31. The highest BCUT2D eigenvalue weighted by atomic mass is 15.3. The number of nitrogens with two attached hydrogens (primary N) is 1. The lowest BCUT2D eigenvalue weighted by atomic mass is 10.0. The molecule has 96 valence electrons. The molecule has 4 heteroatoms. The first kappa shape index (κ1) is 12.6. The number of hydrogen-bond acceptors (Lipinski definition) is 3. The van der Waals surface area contributed by atoms with Gasteiger partial charge < -0.3 is 5.73 Å². The molecule has 0 saturated carbocycles. The minimum Gasteiger partial charge on any atom is -0.326 e. The molecule has 1 aliphatic rings. The van der Waals surface area contributed by atoms with E-state index in [2.05, 4.69) is 30.0 Å². The number of likely N-dealkylation sites (tertiary alicyclic amines) is 1. The molecule has 2 heterocycles. The van der Waals surface area contributed by atoms with Gasteiger partial charge in [-0.25, -0.2) is 0 Å². The minimum atomic E-state index is 0.148. The summed E-state index contributed by atoms with van der Waals surface area (Å²) < 4.78 is 1.86. The summed E-state index contributed by atoms with van der Waals surface area (Å²) in [5.74, 6) is 0.841. The average Bonchev–Trinajstić information content (AvgIpc) is 2.88. The van der Waals surface area contributed by atoms with Crippen molar-refractivity contribution < 1.29 is 0 Å². The monoisotopic (exact) mass is 236 g/mol. The van der Waals surface area contributed by atoms with Gasteiger partial charge in [0.15, 0.2) is 0 Å². The van der Waals surface area contributed by atoms with Crippen molar-refractivity contribution in [1.82, 2.24) is 14.7 Å². The van der Waals surface area contributed by atoms with Crippen molar-refractivity contribution in [2.45, 2.75) is 38.8 Å². The highest BCUT2D eigenvalue weighted by Crippen LogP contribution is 2.30. The third kappa shape index (κ3) is 2.69. The SMILES string of the molecule is CCC1CCN(C(c2cnn(C)c2)C(C)N)C1. The van der Waals surface area contributed by atoms with Crippen LogP contribution in [0.15, 0.2) is 12.4 Å². The smallest absolute Gasteiger partial charge is 0.0538 e. The summed E-state index contributed by atoms with van der Waals surface area (Å²) in [4.78, 5) is 2.52. The quantitative estimate of drug-likeness (QED) is 0.862. The van der Waals surface area contributed by atoms with E-state index in [4.69, 9.17) is 5.73 Å². The van der Waals surface area contributed by atoms with Gasteiger partial charge >= 0.3 is 0 Å². The fourth-order valence-corrected chi connectivity index (χ4v) is 2.89. The molecule has 2 N–H and O–H groups in total. The Labute approximate surface area is 104 Å². The standard InChI is InChI=1S/C13H24N4/c1-4-11-5-6-17(8-11)13(10(2)14)12-7-15-16(3)9-12/h7,9-11,13H,4-6,8,14H2,1-3H3. The maximum Gasteiger partial charge on any atom is 0.0538 e. The Morgan fingerprint density at radius 3 is 2.82 bits per heavy atom. The molecule has 0 amide bonds. The second-order valence-corrected chi connectivity index (χ2v) is 5.31. The third-order valence-corrected chi connectivity index (χ3v) is 3.85. The summed E-state index contributed by atoms with van der Waals surface area (Å²) in [6.07, 6.45) is 6.62. The first-order chi connectivity index (χ1) is 8.11. The second kappa shape index (κ2) is 5.19. The Hall–Kier alpha value is -0.870. The number of rotatable bonds is 4. The molecule has 0 spiro atoms. The number of aryl methyl sites for hydroxylation is 1. The van der Waals surface area contributed by atoms with Crippen LogP contribution in [0.25, 0.3) is 0 Å². The van der Waals surface area contributed by atoms with Crippen LogP contribution in [0, 0.1) is 5.92 Å². The molecule has 0 bridgehead atoms. The summed E-state index contributed by atoms with van der Waals surface area (Å²) in [5, 5.41) is 4.26. The molecule has 1 fully saturated rings. The van der Waals surface area contributed by atoms with Crippen LogP contribution in [0.1, 0.15) is 38.3 Å². The van der Waals surface area contributed by atoms with Gasteiger partial charge in [0.05, 0.1) is 12.2 Å². The van der Waals surface area contributed by atoms with Gasteiger partial charge in [0.25, 0.3) is 0 Å². The van der Waals surface area contributed by atoms with E-state index >= 15 is 0 Å². The Morgan fingerprint density at radius 2 is 2.35 bits per heavy atom. The lowest BCUT2D eigenvalue weighted by Crippen LogP contribution is -2.38. The Balaban J connectivity index is 2.13. The fraction of sp³-hybridized carbons (Fsp3) is 0.769. The summed E-state index contributed by atoms with van der Waals surface area (Å²) in [7, 11) is 1.96. The molecule has 3 unspecified atom stereocenters. The molecule has 1 aromatic heterocycles. The van der Waals surface area contributed by atoms with Crippen molar-refractivity contribution in [3.8, 4) is 0 Å². The summed E-state index contributed by atoms with van der Waals surface area (Å²) >= 11 is 0. The summed E-state index contributed by atoms with van der Waals surface area (Å²) in [6, 6.07) is 0.468. The van der Waals surface area contributed by atoms with Crippen molar-refractivity contribution in [1.29, 1.82) is 0 Å². The van der Waals surface area contributed by atoms with Crippen molar-refractivity contribution in [2.75, 3.05) is 13.1 Å². The molecule has 0 aromatic carbocycles. The van der Waals surface area contributed by atoms with E-state index in [9.17, 15) is 0 Å². The maximum atomic E-state index is 6.17. The molecule has 3 atom stereocenters. The topological polar surface area (TPSA) is 47.1 Å². The largest absolute Gasteiger partial charge is 0.326 e. The van der Waals surface area contributed by atoms with Crippen molar-refractivity contribution >= 4 is 0 Å². The van der Waals surface area contributed by atoms with Crippen molar-refractivity contribution in [3.05, 3.63) is 18.0 Å². The van der Waals surface area contributed by atoms with Gasteiger partial charge in [0.1, 0.15) is 0 Å². The Morgan fingerprint density at radius 1 is 1.59 bits per heavy atom. The van der Waals surface area contributed by atoms with Crippen LogP contribution in [-0.2, 0) is 7.05 Å². The predicted molar refractivity (Wildman–Crippen MR) is 69.6 cm³/mol. The summed E-state index contributed by atoms with van der Waals surface area (Å²) in [6.45, 7) is 6.72. The molecule has 1 aliphatic heterocycles. The zero-order chi connectivity index (χ0) is 12.4. The van der Waals surface area contributed by atoms with E-state index in [1.165, 1.54) is 31.5 Å². The van der Waals surface area contributed by atoms with Crippen LogP contribution < -0.4 is 5.73 Å². The highest BCUT2D eigenvalue weighted by Gasteiger charge is 2.31. The molecule has 4 nitrogen and oxygen atoms in total. The van der Waals surface area contributed by atoms with Crippen molar-refractivity contribution in [3.63, 3.8) is 0 Å². The zero-order valence-corrected chi connectivity index (χ0v) is 11.1. The molecule has 1 aromatic rings. The van der Waals surface area contributed by atoms with Crippen LogP contribution in [-0.4, -0.2) is 33.8 Å². The fourth-order valence-electron chi connectivity index (χ4n) is 2.89. The van der Waals surface area contributed by atoms with Crippen LogP contribution >= 0.6 is 0 Å². The molecule has 1 saturated heterocycles. The molecular weight excluding hydrogens is 212 g/mol. The summed E-state index contributed by atoms with van der Waals surface area (Å²) in [5.41, 5.74) is 7.42. The van der Waals surface area contributed by atoms with Crippen LogP contribution in [0.3, 0.4) is 0 Å². The van der Waals surface area contributed by atoms with E-state index in [0.717, 1.165) is 5.92 Å². The van der Waals surface area contributed by atoms with Gasteiger partial charge in [-0.2, -0.15) is 5.10 Å². The molecular formula is C13H24N4. The molecule has 0 radical (unpaired) electrons. The first-order valence-corrected chi connectivity index (χ1v) is 6.60. The van der Waals surface area contributed by atoms with Gasteiger partial charge in [0.2, 0.25) is 0 Å². The molecule has 17 heavy (non-hydrogen) atoms. The first-order valence-electron chi connectivity index (χ1n) is 6.60. The highest BCUT2D eigenvalue weighted by molar-refractivity contribution is 5.13. The lowest BCUT2D eigenvalue weighted by molar-refractivity contribution is 0.210. The molecule has 0 aliphatic carbocycles. The van der Waals surface area contributed by atoms with Crippen LogP contribution in [0.2, 0.25) is 0 Å². The maximum absolute atomic E-state index is 6.17. The van der Waals surface area contributed by atoms with Gasteiger partial charge in [-0.3, -0.25) is 9.58 Å². The third-order valence-electron chi connectivity index (χ3n) is 3.85. The van der Waals surface area contributed by atoms with E-state index in [1.54, 1.807) is 0 Å². The normalized spacial score (nSPS) is 25.1. The van der Waals surface area contributed by atoms with Crippen LogP contribution in [0.5, 0.6) is 0 Å². The van der Waals surface area contributed by atoms with E-state index in [-0.39, 0.29) is 6.04 Å². The van der Waals surface area contributed by atoms with Crippen molar-refractivity contribution in [2.24, 2.45) is 18.7 Å². The zero-order valence-electron chi connectivity index (χ0n) is 11.1. The number of nitrogens with zero attached hydrogens (tertiary/aromatic N) is 3. The van der Waals surface area contributed by atoms with Gasteiger partial charge in [-0.1, -0.05) is 13.3 Å². The number of hydrogen-bond donors (Lipinski definition) is 1. The minimum absolute atomic E-state index is 0.148.